The Balaban J connectivity index is 1.32. The van der Waals surface area contributed by atoms with E-state index in [-0.39, 0.29) is 24.0 Å². The van der Waals surface area contributed by atoms with Crippen LogP contribution >= 0.6 is 0 Å². The molecule has 9 nitrogen and oxygen atoms in total. The number of rotatable bonds is 9. The van der Waals surface area contributed by atoms with Gasteiger partial charge in [0.2, 0.25) is 5.91 Å². The number of hydrogen-bond acceptors (Lipinski definition) is 7. The lowest BCUT2D eigenvalue weighted by atomic mass is 9.90. The Kier molecular flexibility index (Phi) is 8.30. The average Bonchev–Trinajstić information content (AvgIpc) is 3.34. The predicted octanol–water partition coefficient (Wildman–Crippen LogP) is 5.44. The predicted molar refractivity (Wildman–Crippen MR) is 158 cm³/mol. The first-order valence-electron chi connectivity index (χ1n) is 14.1. The van der Waals surface area contributed by atoms with Crippen LogP contribution in [0, 0.1) is 5.92 Å². The quantitative estimate of drug-likeness (QED) is 0.290. The highest BCUT2D eigenvalue weighted by atomic mass is 16.5. The van der Waals surface area contributed by atoms with Crippen molar-refractivity contribution in [2.45, 2.75) is 64.1 Å². The molecular formula is C31H39N7O2. The number of nitrogens with one attached hydrogen (secondary N) is 1. The second-order valence-corrected chi connectivity index (χ2v) is 11.3. The Morgan fingerprint density at radius 1 is 1.02 bits per heavy atom. The number of nitrogens with zero attached hydrogens (tertiary/aromatic N) is 5. The topological polar surface area (TPSA) is 111 Å². The summed E-state index contributed by atoms with van der Waals surface area (Å²) in [6.07, 6.45) is 5.91. The summed E-state index contributed by atoms with van der Waals surface area (Å²) in [5.41, 5.74) is 8.78. The fourth-order valence-corrected chi connectivity index (χ4v) is 5.52. The number of para-hydroxylation sites is 1. The monoisotopic (exact) mass is 541 g/mol. The minimum absolute atomic E-state index is 0.112. The Morgan fingerprint density at radius 3 is 2.35 bits per heavy atom. The van der Waals surface area contributed by atoms with Crippen molar-refractivity contribution in [2.24, 2.45) is 5.92 Å². The van der Waals surface area contributed by atoms with Crippen molar-refractivity contribution in [2.75, 3.05) is 19.8 Å². The standard InChI is InChI=1S/C31H39N7O2/c1-20(2)18-26(37(3)4)31(39)35-22-12-14-23(15-13-22)38-30-27(29(32)33-19-34-30)28(36-38)21-10-16-25(17-11-21)40-24-8-6-5-7-9-24/h5-11,16-17,19-20,22-23,26H,12-15,18H2,1-4H3,(H,35,39)(H2,32,33,34)/t22?,23?,26-/m1/s1. The van der Waals surface area contributed by atoms with Crippen molar-refractivity contribution in [3.63, 3.8) is 0 Å². The molecule has 40 heavy (non-hydrogen) atoms. The van der Waals surface area contributed by atoms with E-state index in [1.54, 1.807) is 0 Å². The van der Waals surface area contributed by atoms with E-state index in [4.69, 9.17) is 15.6 Å². The Labute approximate surface area is 235 Å². The summed E-state index contributed by atoms with van der Waals surface area (Å²) in [6.45, 7) is 4.31. The third-order valence-corrected chi connectivity index (χ3v) is 7.63. The van der Waals surface area contributed by atoms with Gasteiger partial charge < -0.3 is 15.8 Å². The highest BCUT2D eigenvalue weighted by Gasteiger charge is 2.30. The SMILES string of the molecule is CC(C)C[C@H](C(=O)NC1CCC(n2nc(-c3ccc(Oc4ccccc4)cc3)c3c(N)ncnc32)CC1)N(C)C. The van der Waals surface area contributed by atoms with Crippen molar-refractivity contribution >= 4 is 22.8 Å². The van der Waals surface area contributed by atoms with E-state index in [0.29, 0.717) is 11.7 Å². The molecule has 1 fully saturated rings. The summed E-state index contributed by atoms with van der Waals surface area (Å²) in [5.74, 6) is 2.52. The molecule has 0 spiro atoms. The molecule has 1 amide bonds. The molecule has 1 aliphatic rings. The van der Waals surface area contributed by atoms with Gasteiger partial charge in [-0.3, -0.25) is 9.69 Å². The normalized spacial score (nSPS) is 18.2. The van der Waals surface area contributed by atoms with Crippen LogP contribution in [0.5, 0.6) is 11.5 Å². The first-order chi connectivity index (χ1) is 19.3. The lowest BCUT2D eigenvalue weighted by Gasteiger charge is -2.32. The molecule has 210 valence electrons. The number of nitrogen functional groups attached to an aromatic ring is 1. The Hall–Kier alpha value is -3.98. The van der Waals surface area contributed by atoms with Gasteiger partial charge in [0.15, 0.2) is 5.65 Å². The van der Waals surface area contributed by atoms with Crippen LogP contribution in [-0.2, 0) is 4.79 Å². The molecule has 0 saturated heterocycles. The molecule has 0 unspecified atom stereocenters. The van der Waals surface area contributed by atoms with E-state index in [9.17, 15) is 4.79 Å². The van der Waals surface area contributed by atoms with E-state index >= 15 is 0 Å². The van der Waals surface area contributed by atoms with Crippen LogP contribution in [0.3, 0.4) is 0 Å². The van der Waals surface area contributed by atoms with E-state index in [1.807, 2.05) is 78.3 Å². The number of nitrogens with two attached hydrogens (primary N) is 1. The third kappa shape index (κ3) is 6.09. The summed E-state index contributed by atoms with van der Waals surface area (Å²) in [7, 11) is 3.95. The van der Waals surface area contributed by atoms with Crippen molar-refractivity contribution in [3.05, 3.63) is 60.9 Å². The molecule has 4 aromatic rings. The minimum Gasteiger partial charge on any atom is -0.457 e. The summed E-state index contributed by atoms with van der Waals surface area (Å²) in [6, 6.07) is 17.8. The molecule has 1 atom stereocenters. The third-order valence-electron chi connectivity index (χ3n) is 7.63. The molecule has 9 heteroatoms. The molecular weight excluding hydrogens is 502 g/mol. The molecule has 1 aliphatic carbocycles. The van der Waals surface area contributed by atoms with Gasteiger partial charge in [0.1, 0.15) is 29.3 Å². The lowest BCUT2D eigenvalue weighted by molar-refractivity contribution is -0.127. The number of fused-ring (bicyclic) bond motifs is 1. The zero-order chi connectivity index (χ0) is 28.2. The van der Waals surface area contributed by atoms with Gasteiger partial charge in [0, 0.05) is 11.6 Å². The molecule has 2 aromatic carbocycles. The average molecular weight is 542 g/mol. The van der Waals surface area contributed by atoms with Crippen LogP contribution in [0.2, 0.25) is 0 Å². The van der Waals surface area contributed by atoms with Gasteiger partial charge in [0.05, 0.1) is 17.5 Å². The van der Waals surface area contributed by atoms with E-state index in [1.165, 1.54) is 6.33 Å². The van der Waals surface area contributed by atoms with Crippen molar-refractivity contribution in [1.82, 2.24) is 30.0 Å². The number of benzene rings is 2. The summed E-state index contributed by atoms with van der Waals surface area (Å²) < 4.78 is 7.97. The van der Waals surface area contributed by atoms with Crippen LogP contribution in [0.25, 0.3) is 22.3 Å². The molecule has 0 radical (unpaired) electrons. The van der Waals surface area contributed by atoms with Crippen molar-refractivity contribution in [1.29, 1.82) is 0 Å². The molecule has 0 aliphatic heterocycles. The number of carbonyl (C=O) groups is 1. The van der Waals surface area contributed by atoms with Gasteiger partial charge in [-0.05, 0) is 88.5 Å². The minimum atomic E-state index is -0.112. The highest BCUT2D eigenvalue weighted by Crippen LogP contribution is 2.36. The van der Waals surface area contributed by atoms with Crippen molar-refractivity contribution < 1.29 is 9.53 Å². The Morgan fingerprint density at radius 2 is 1.70 bits per heavy atom. The van der Waals surface area contributed by atoms with Gasteiger partial charge in [-0.15, -0.1) is 0 Å². The number of carbonyl (C=O) groups excluding carboxylic acids is 1. The second kappa shape index (κ2) is 12.0. The van der Waals surface area contributed by atoms with Crippen LogP contribution in [-0.4, -0.2) is 56.7 Å². The van der Waals surface area contributed by atoms with Gasteiger partial charge in [-0.25, -0.2) is 14.6 Å². The van der Waals surface area contributed by atoms with Crippen molar-refractivity contribution in [3.8, 4) is 22.8 Å². The first kappa shape index (κ1) is 27.6. The van der Waals surface area contributed by atoms with E-state index in [2.05, 4.69) is 29.1 Å². The summed E-state index contributed by atoms with van der Waals surface area (Å²) in [4.78, 5) is 23.9. The first-order valence-corrected chi connectivity index (χ1v) is 14.1. The molecule has 5 rings (SSSR count). The molecule has 2 heterocycles. The maximum absolute atomic E-state index is 13.0. The zero-order valence-electron chi connectivity index (χ0n) is 23.7. The van der Waals surface area contributed by atoms with Crippen LogP contribution in [0.15, 0.2) is 60.9 Å². The van der Waals surface area contributed by atoms with Gasteiger partial charge in [0.25, 0.3) is 0 Å². The van der Waals surface area contributed by atoms with Crippen LogP contribution in [0.1, 0.15) is 52.0 Å². The van der Waals surface area contributed by atoms with Gasteiger partial charge in [-0.1, -0.05) is 32.0 Å². The van der Waals surface area contributed by atoms with E-state index < -0.39 is 0 Å². The number of ether oxygens (including phenoxy) is 1. The fraction of sp³-hybridized carbons (Fsp3) is 0.419. The lowest BCUT2D eigenvalue weighted by Crippen LogP contribution is -2.48. The second-order valence-electron chi connectivity index (χ2n) is 11.3. The maximum atomic E-state index is 13.0. The highest BCUT2D eigenvalue weighted by molar-refractivity contribution is 5.98. The number of anilines is 1. The Bertz CT molecular complexity index is 1430. The van der Waals surface area contributed by atoms with Gasteiger partial charge in [-0.2, -0.15) is 5.10 Å². The van der Waals surface area contributed by atoms with E-state index in [0.717, 1.165) is 65.9 Å². The molecule has 3 N–H and O–H groups in total. The maximum Gasteiger partial charge on any atom is 0.237 e. The number of amides is 1. The number of hydrogen-bond donors (Lipinski definition) is 2. The largest absolute Gasteiger partial charge is 0.457 e. The van der Waals surface area contributed by atoms with Crippen LogP contribution < -0.4 is 15.8 Å². The number of aromatic nitrogens is 4. The number of likely N-dealkylation sites (N-methyl/N-ethyl adjacent to an activating group) is 1. The van der Waals surface area contributed by atoms with Crippen LogP contribution in [0.4, 0.5) is 5.82 Å². The summed E-state index contributed by atoms with van der Waals surface area (Å²) in [5, 5.41) is 9.10. The summed E-state index contributed by atoms with van der Waals surface area (Å²) >= 11 is 0. The molecule has 1 saturated carbocycles. The van der Waals surface area contributed by atoms with Gasteiger partial charge >= 0.3 is 0 Å². The molecule has 2 aromatic heterocycles. The zero-order valence-corrected chi connectivity index (χ0v) is 23.7. The fourth-order valence-electron chi connectivity index (χ4n) is 5.52. The smallest absolute Gasteiger partial charge is 0.237 e. The molecule has 0 bridgehead atoms.